The summed E-state index contributed by atoms with van der Waals surface area (Å²) in [6.45, 7) is 6.60. The Morgan fingerprint density at radius 2 is 1.83 bits per heavy atom. The molecular formula is C29H31N3O4. The first kappa shape index (κ1) is 25.0. The van der Waals surface area contributed by atoms with Crippen molar-refractivity contribution in [1.29, 1.82) is 0 Å². The molecule has 0 radical (unpaired) electrons. The summed E-state index contributed by atoms with van der Waals surface area (Å²) < 4.78 is 5.85. The molecule has 3 aromatic rings. The molecule has 1 aromatic heterocycles. The molecule has 7 nitrogen and oxygen atoms in total. The topological polar surface area (TPSA) is 83.0 Å². The van der Waals surface area contributed by atoms with E-state index in [0.29, 0.717) is 35.1 Å². The minimum Gasteiger partial charge on any atom is -0.507 e. The summed E-state index contributed by atoms with van der Waals surface area (Å²) in [7, 11) is 3.86. The average Bonchev–Trinajstić information content (AvgIpc) is 3.13. The van der Waals surface area contributed by atoms with Crippen LogP contribution in [-0.2, 0) is 9.59 Å². The number of carbonyl (C=O) groups is 2. The average molecular weight is 486 g/mol. The zero-order chi connectivity index (χ0) is 26.0. The van der Waals surface area contributed by atoms with Crippen LogP contribution in [0.1, 0.15) is 36.6 Å². The fourth-order valence-electron chi connectivity index (χ4n) is 4.23. The van der Waals surface area contributed by atoms with Crippen LogP contribution in [0.15, 0.2) is 72.6 Å². The molecule has 0 saturated carbocycles. The predicted molar refractivity (Wildman–Crippen MR) is 141 cm³/mol. The zero-order valence-corrected chi connectivity index (χ0v) is 21.2. The Kier molecular flexibility index (Phi) is 7.10. The maximum Gasteiger partial charge on any atom is 0.300 e. The third kappa shape index (κ3) is 4.82. The molecule has 0 spiro atoms. The van der Waals surface area contributed by atoms with Gasteiger partial charge in [-0.2, -0.15) is 0 Å². The van der Waals surface area contributed by atoms with Crippen molar-refractivity contribution in [3.63, 3.8) is 0 Å². The van der Waals surface area contributed by atoms with Crippen molar-refractivity contribution >= 4 is 28.8 Å². The van der Waals surface area contributed by atoms with Crippen molar-refractivity contribution in [1.82, 2.24) is 4.98 Å². The number of aromatic nitrogens is 1. The summed E-state index contributed by atoms with van der Waals surface area (Å²) in [5.74, 6) is -0.578. The maximum absolute atomic E-state index is 13.3. The number of rotatable bonds is 7. The predicted octanol–water partition coefficient (Wildman–Crippen LogP) is 5.12. The Hall–Kier alpha value is -4.13. The van der Waals surface area contributed by atoms with E-state index in [0.717, 1.165) is 11.3 Å². The van der Waals surface area contributed by atoms with E-state index >= 15 is 0 Å². The number of ether oxygens (including phenoxy) is 1. The van der Waals surface area contributed by atoms with Crippen molar-refractivity contribution < 1.29 is 19.4 Å². The van der Waals surface area contributed by atoms with Gasteiger partial charge < -0.3 is 14.7 Å². The summed E-state index contributed by atoms with van der Waals surface area (Å²) in [6.07, 6.45) is 3.24. The number of amides is 1. The Morgan fingerprint density at radius 1 is 1.11 bits per heavy atom. The van der Waals surface area contributed by atoms with E-state index in [1.165, 1.54) is 4.90 Å². The molecule has 7 heteroatoms. The zero-order valence-electron chi connectivity index (χ0n) is 21.2. The van der Waals surface area contributed by atoms with Crippen LogP contribution in [-0.4, -0.2) is 42.5 Å². The van der Waals surface area contributed by atoms with Gasteiger partial charge in [-0.05, 0) is 72.5 Å². The number of aliphatic hydroxyl groups excluding tert-OH is 1. The molecule has 0 bridgehead atoms. The first-order valence-corrected chi connectivity index (χ1v) is 11.9. The van der Waals surface area contributed by atoms with Crippen LogP contribution in [0.3, 0.4) is 0 Å². The minimum atomic E-state index is -0.818. The normalized spacial score (nSPS) is 17.1. The number of nitrogens with zero attached hydrogens (tertiary/aromatic N) is 3. The van der Waals surface area contributed by atoms with Gasteiger partial charge in [0.1, 0.15) is 11.5 Å². The Labute approximate surface area is 211 Å². The molecule has 1 fully saturated rings. The van der Waals surface area contributed by atoms with Crippen molar-refractivity contribution in [2.45, 2.75) is 26.8 Å². The van der Waals surface area contributed by atoms with Gasteiger partial charge >= 0.3 is 0 Å². The molecule has 186 valence electrons. The van der Waals surface area contributed by atoms with E-state index in [1.54, 1.807) is 54.9 Å². The van der Waals surface area contributed by atoms with Crippen molar-refractivity contribution in [2.24, 2.45) is 5.92 Å². The monoisotopic (exact) mass is 485 g/mol. The number of ketones is 1. The summed E-state index contributed by atoms with van der Waals surface area (Å²) in [4.78, 5) is 34.2. The molecule has 1 N–H and O–H groups in total. The molecule has 1 aliphatic rings. The van der Waals surface area contributed by atoms with Gasteiger partial charge in [0.2, 0.25) is 0 Å². The van der Waals surface area contributed by atoms with Gasteiger partial charge in [-0.3, -0.25) is 19.5 Å². The molecule has 2 aromatic carbocycles. The fourth-order valence-corrected chi connectivity index (χ4v) is 4.23. The van der Waals surface area contributed by atoms with Crippen LogP contribution in [0.5, 0.6) is 5.75 Å². The lowest BCUT2D eigenvalue weighted by atomic mass is 9.95. The summed E-state index contributed by atoms with van der Waals surface area (Å²) in [5.41, 5.74) is 3.45. The summed E-state index contributed by atoms with van der Waals surface area (Å²) in [5, 5.41) is 11.4. The molecule has 4 rings (SSSR count). The standard InChI is InChI=1S/C29H31N3O4/c1-18(2)17-36-24-13-8-20(15-19(24)3)27(33)25-26(21-7-6-14-30-16-21)32(29(35)28(25)34)23-11-9-22(10-12-23)31(4)5/h6-16,18,26,33H,17H2,1-5H3/b27-25-. The number of aliphatic hydroxyl groups is 1. The second-order valence-corrected chi connectivity index (χ2v) is 9.55. The third-order valence-electron chi connectivity index (χ3n) is 6.11. The lowest BCUT2D eigenvalue weighted by Gasteiger charge is -2.25. The van der Waals surface area contributed by atoms with E-state index in [1.807, 2.05) is 38.1 Å². The van der Waals surface area contributed by atoms with Crippen molar-refractivity contribution in [3.05, 3.63) is 89.3 Å². The highest BCUT2D eigenvalue weighted by Crippen LogP contribution is 2.42. The number of carbonyl (C=O) groups excluding carboxylic acids is 2. The van der Waals surface area contributed by atoms with Gasteiger partial charge in [0.25, 0.3) is 11.7 Å². The van der Waals surface area contributed by atoms with Gasteiger partial charge in [-0.15, -0.1) is 0 Å². The second kappa shape index (κ2) is 10.2. The number of anilines is 2. The molecular weight excluding hydrogens is 454 g/mol. The van der Waals surface area contributed by atoms with E-state index in [9.17, 15) is 14.7 Å². The highest BCUT2D eigenvalue weighted by Gasteiger charge is 2.47. The van der Waals surface area contributed by atoms with Gasteiger partial charge in [0.15, 0.2) is 0 Å². The highest BCUT2D eigenvalue weighted by molar-refractivity contribution is 6.51. The number of hydrogen-bond acceptors (Lipinski definition) is 6. The smallest absolute Gasteiger partial charge is 0.300 e. The van der Waals surface area contributed by atoms with Crippen LogP contribution < -0.4 is 14.5 Å². The molecule has 1 amide bonds. The SMILES string of the molecule is Cc1cc(/C(O)=C2/C(=O)C(=O)N(c3ccc(N(C)C)cc3)C2c2cccnc2)ccc1OCC(C)C. The van der Waals surface area contributed by atoms with Crippen molar-refractivity contribution in [2.75, 3.05) is 30.5 Å². The number of Topliss-reactive ketones (excluding diaryl/α,β-unsaturated/α-hetero) is 1. The summed E-state index contributed by atoms with van der Waals surface area (Å²) in [6, 6.07) is 15.3. The third-order valence-corrected chi connectivity index (χ3v) is 6.11. The van der Waals surface area contributed by atoms with E-state index in [-0.39, 0.29) is 11.3 Å². The van der Waals surface area contributed by atoms with E-state index < -0.39 is 17.7 Å². The molecule has 1 saturated heterocycles. The Morgan fingerprint density at radius 3 is 2.42 bits per heavy atom. The lowest BCUT2D eigenvalue weighted by molar-refractivity contribution is -0.132. The lowest BCUT2D eigenvalue weighted by Crippen LogP contribution is -2.29. The van der Waals surface area contributed by atoms with Gasteiger partial charge in [-0.25, -0.2) is 0 Å². The van der Waals surface area contributed by atoms with Crippen molar-refractivity contribution in [3.8, 4) is 5.75 Å². The van der Waals surface area contributed by atoms with Crippen LogP contribution in [0.4, 0.5) is 11.4 Å². The molecule has 1 aliphatic heterocycles. The van der Waals surface area contributed by atoms with Crippen LogP contribution in [0, 0.1) is 12.8 Å². The first-order chi connectivity index (χ1) is 17.2. The molecule has 0 aliphatic carbocycles. The molecule has 36 heavy (non-hydrogen) atoms. The van der Waals surface area contributed by atoms with Gasteiger partial charge in [-0.1, -0.05) is 19.9 Å². The number of aryl methyl sites for hydroxylation is 1. The van der Waals surface area contributed by atoms with E-state index in [4.69, 9.17) is 4.74 Å². The van der Waals surface area contributed by atoms with Gasteiger partial charge in [0.05, 0.1) is 18.2 Å². The molecule has 1 atom stereocenters. The quantitative estimate of drug-likeness (QED) is 0.284. The highest BCUT2D eigenvalue weighted by atomic mass is 16.5. The largest absolute Gasteiger partial charge is 0.507 e. The first-order valence-electron chi connectivity index (χ1n) is 11.9. The minimum absolute atomic E-state index is 0.0277. The van der Waals surface area contributed by atoms with Gasteiger partial charge in [0, 0.05) is 43.4 Å². The van der Waals surface area contributed by atoms with E-state index in [2.05, 4.69) is 18.8 Å². The maximum atomic E-state index is 13.3. The van der Waals surface area contributed by atoms with Crippen LogP contribution >= 0.6 is 0 Å². The molecule has 2 heterocycles. The summed E-state index contributed by atoms with van der Waals surface area (Å²) >= 11 is 0. The fraction of sp³-hybridized carbons (Fsp3) is 0.276. The Balaban J connectivity index is 1.81. The number of benzene rings is 2. The van der Waals surface area contributed by atoms with Crippen LogP contribution in [0.25, 0.3) is 5.76 Å². The number of hydrogen-bond donors (Lipinski definition) is 1. The Bertz CT molecular complexity index is 1300. The van der Waals surface area contributed by atoms with Crippen LogP contribution in [0.2, 0.25) is 0 Å². The molecule has 1 unspecified atom stereocenters. The second-order valence-electron chi connectivity index (χ2n) is 9.55. The number of pyridine rings is 1.